The predicted octanol–water partition coefficient (Wildman–Crippen LogP) is 3.67. The third-order valence-corrected chi connectivity index (χ3v) is 8.62. The molecule has 0 N–H and O–H groups in total. The molecule has 0 fully saturated rings. The van der Waals surface area contributed by atoms with Gasteiger partial charge in [0.1, 0.15) is 40.6 Å². The van der Waals surface area contributed by atoms with E-state index >= 15 is 0 Å². The van der Waals surface area contributed by atoms with Gasteiger partial charge in [0, 0.05) is 25.9 Å². The van der Waals surface area contributed by atoms with E-state index < -0.39 is 26.9 Å². The second-order valence-corrected chi connectivity index (χ2v) is 11.5. The number of benzene rings is 2. The zero-order valence-corrected chi connectivity index (χ0v) is 24.2. The van der Waals surface area contributed by atoms with E-state index in [-0.39, 0.29) is 11.6 Å². The fourth-order valence-corrected chi connectivity index (χ4v) is 5.77. The van der Waals surface area contributed by atoms with E-state index in [0.29, 0.717) is 29.4 Å². The van der Waals surface area contributed by atoms with Crippen LogP contribution < -0.4 is 14.2 Å². The average molecular weight is 568 g/mol. The molecule has 0 unspecified atom stereocenters. The smallest absolute Gasteiger partial charge is 0.163 e. The number of sulfone groups is 1. The van der Waals surface area contributed by atoms with Crippen molar-refractivity contribution >= 4 is 9.84 Å². The Morgan fingerprint density at radius 2 is 1.45 bits per heavy atom. The monoisotopic (exact) mass is 567 g/mol. The molecule has 0 radical (unpaired) electrons. The maximum Gasteiger partial charge on any atom is 0.163 e. The van der Waals surface area contributed by atoms with Crippen LogP contribution in [0.2, 0.25) is 0 Å². The number of hydrogen-bond donors (Lipinski definition) is 0. The zero-order valence-electron chi connectivity index (χ0n) is 23.4. The van der Waals surface area contributed by atoms with Gasteiger partial charge in [-0.25, -0.2) is 18.4 Å². The van der Waals surface area contributed by atoms with E-state index in [2.05, 4.69) is 20.2 Å². The maximum atomic E-state index is 13.8. The van der Waals surface area contributed by atoms with Crippen molar-refractivity contribution in [1.29, 1.82) is 0 Å². The summed E-state index contributed by atoms with van der Waals surface area (Å²) in [6.07, 6.45) is 2.75. The molecule has 212 valence electrons. The van der Waals surface area contributed by atoms with Crippen molar-refractivity contribution < 1.29 is 27.4 Å². The Balaban J connectivity index is 1.78. The first kappa shape index (κ1) is 29.0. The van der Waals surface area contributed by atoms with Crippen molar-refractivity contribution in [3.05, 3.63) is 83.5 Å². The summed E-state index contributed by atoms with van der Waals surface area (Å²) in [6, 6.07) is 12.9. The Kier molecular flexibility index (Phi) is 9.00. The third kappa shape index (κ3) is 6.07. The quantitative estimate of drug-likeness (QED) is 0.250. The lowest BCUT2D eigenvalue weighted by Crippen LogP contribution is -2.30. The second-order valence-electron chi connectivity index (χ2n) is 9.19. The second kappa shape index (κ2) is 12.4. The van der Waals surface area contributed by atoms with E-state index in [1.54, 1.807) is 49.2 Å². The first-order valence-electron chi connectivity index (χ1n) is 12.5. The molecule has 2 atom stereocenters. The standard InChI is InChI=1S/C28H33N5O6S/c1-18-15-29-28(30-16-18)27(39-6)19(2)40(34,35)17-25-32-31-24(14-20-10-12-21(36-3)13-11-20)33(25)26-22(37-4)8-7-9-23(26)38-5/h7-13,15-16,19,27H,14,17H2,1-6H3/t19-,27-/m0/s1. The van der Waals surface area contributed by atoms with Crippen LogP contribution in [0.15, 0.2) is 54.9 Å². The number of ether oxygens (including phenoxy) is 4. The minimum Gasteiger partial charge on any atom is -0.497 e. The zero-order chi connectivity index (χ0) is 28.9. The molecule has 0 bridgehead atoms. The van der Waals surface area contributed by atoms with Crippen molar-refractivity contribution in [2.45, 2.75) is 37.4 Å². The minimum atomic E-state index is -3.85. The van der Waals surface area contributed by atoms with Crippen LogP contribution in [0.25, 0.3) is 5.69 Å². The summed E-state index contributed by atoms with van der Waals surface area (Å²) in [5.74, 6) is 2.26. The summed E-state index contributed by atoms with van der Waals surface area (Å²) in [6.45, 7) is 3.43. The highest BCUT2D eigenvalue weighted by molar-refractivity contribution is 7.91. The van der Waals surface area contributed by atoms with Crippen LogP contribution in [0.3, 0.4) is 0 Å². The minimum absolute atomic E-state index is 0.206. The SMILES string of the molecule is COc1ccc(Cc2nnc(CS(=O)(=O)[C@@H](C)[C@H](OC)c3ncc(C)cn3)n2-c2c(OC)cccc2OC)cc1. The van der Waals surface area contributed by atoms with Gasteiger partial charge in [0.15, 0.2) is 21.5 Å². The van der Waals surface area contributed by atoms with Gasteiger partial charge in [-0.05, 0) is 49.2 Å². The molecular weight excluding hydrogens is 534 g/mol. The predicted molar refractivity (Wildman–Crippen MR) is 149 cm³/mol. The molecule has 2 aromatic heterocycles. The van der Waals surface area contributed by atoms with Gasteiger partial charge in [-0.2, -0.15) is 0 Å². The highest BCUT2D eigenvalue weighted by Gasteiger charge is 2.35. The number of hydrogen-bond acceptors (Lipinski definition) is 10. The summed E-state index contributed by atoms with van der Waals surface area (Å²) in [5, 5.41) is 7.77. The van der Waals surface area contributed by atoms with Gasteiger partial charge >= 0.3 is 0 Å². The molecule has 2 heterocycles. The molecule has 0 aliphatic heterocycles. The molecule has 11 nitrogen and oxygen atoms in total. The van der Waals surface area contributed by atoms with Crippen molar-refractivity contribution in [3.8, 4) is 22.9 Å². The highest BCUT2D eigenvalue weighted by Crippen LogP contribution is 2.35. The summed E-state index contributed by atoms with van der Waals surface area (Å²) in [5.41, 5.74) is 2.29. The normalized spacial score (nSPS) is 13.1. The first-order chi connectivity index (χ1) is 19.2. The fraction of sp³-hybridized carbons (Fsp3) is 0.357. The highest BCUT2D eigenvalue weighted by atomic mass is 32.2. The summed E-state index contributed by atoms with van der Waals surface area (Å²) >= 11 is 0. The lowest BCUT2D eigenvalue weighted by molar-refractivity contribution is 0.0947. The lowest BCUT2D eigenvalue weighted by Gasteiger charge is -2.22. The average Bonchev–Trinajstić information content (AvgIpc) is 3.34. The van der Waals surface area contributed by atoms with Gasteiger partial charge in [0.2, 0.25) is 0 Å². The number of para-hydroxylation sites is 1. The van der Waals surface area contributed by atoms with Crippen LogP contribution in [0.1, 0.15) is 41.6 Å². The number of aromatic nitrogens is 5. The molecule has 0 aliphatic carbocycles. The van der Waals surface area contributed by atoms with Gasteiger partial charge < -0.3 is 18.9 Å². The van der Waals surface area contributed by atoms with Crippen LogP contribution in [-0.2, 0) is 26.7 Å². The number of nitrogens with zero attached hydrogens (tertiary/aromatic N) is 5. The van der Waals surface area contributed by atoms with E-state index in [9.17, 15) is 8.42 Å². The van der Waals surface area contributed by atoms with Gasteiger partial charge in [-0.15, -0.1) is 10.2 Å². The molecule has 4 rings (SSSR count). The number of methoxy groups -OCH3 is 4. The van der Waals surface area contributed by atoms with E-state index in [1.807, 2.05) is 31.2 Å². The molecule has 12 heteroatoms. The Bertz CT molecular complexity index is 1520. The molecule has 0 saturated heterocycles. The van der Waals surface area contributed by atoms with Crippen LogP contribution in [0.5, 0.6) is 17.2 Å². The topological polar surface area (TPSA) is 128 Å². The number of aryl methyl sites for hydroxylation is 1. The molecule has 40 heavy (non-hydrogen) atoms. The Morgan fingerprint density at radius 3 is 2.00 bits per heavy atom. The van der Waals surface area contributed by atoms with Gasteiger partial charge in [-0.3, -0.25) is 4.57 Å². The Labute approximate surface area is 234 Å². The largest absolute Gasteiger partial charge is 0.497 e. The van der Waals surface area contributed by atoms with Gasteiger partial charge in [0.05, 0.1) is 26.6 Å². The molecule has 0 spiro atoms. The first-order valence-corrected chi connectivity index (χ1v) is 14.2. The van der Waals surface area contributed by atoms with Crippen molar-refractivity contribution in [2.75, 3.05) is 28.4 Å². The lowest BCUT2D eigenvalue weighted by atomic mass is 10.1. The summed E-state index contributed by atoms with van der Waals surface area (Å²) in [4.78, 5) is 8.58. The summed E-state index contributed by atoms with van der Waals surface area (Å²) < 4.78 is 51.4. The molecule has 0 saturated carbocycles. The van der Waals surface area contributed by atoms with Crippen molar-refractivity contribution in [3.63, 3.8) is 0 Å². The van der Waals surface area contributed by atoms with Gasteiger partial charge in [-0.1, -0.05) is 18.2 Å². The molecule has 0 aliphatic rings. The molecule has 0 amide bonds. The Morgan fingerprint density at radius 1 is 0.850 bits per heavy atom. The van der Waals surface area contributed by atoms with Crippen LogP contribution in [0, 0.1) is 6.92 Å². The van der Waals surface area contributed by atoms with E-state index in [0.717, 1.165) is 16.9 Å². The summed E-state index contributed by atoms with van der Waals surface area (Å²) in [7, 11) is 2.27. The van der Waals surface area contributed by atoms with Crippen LogP contribution in [0.4, 0.5) is 0 Å². The Hall–Kier alpha value is -4.03. The molecule has 4 aromatic rings. The molecular formula is C28H33N5O6S. The fourth-order valence-electron chi connectivity index (χ4n) is 4.35. The van der Waals surface area contributed by atoms with Crippen LogP contribution >= 0.6 is 0 Å². The molecule has 2 aromatic carbocycles. The van der Waals surface area contributed by atoms with Crippen molar-refractivity contribution in [2.24, 2.45) is 0 Å². The third-order valence-electron chi connectivity index (χ3n) is 6.58. The maximum absolute atomic E-state index is 13.8. The van der Waals surface area contributed by atoms with Crippen molar-refractivity contribution in [1.82, 2.24) is 24.7 Å². The van der Waals surface area contributed by atoms with Gasteiger partial charge in [0.25, 0.3) is 0 Å². The number of rotatable bonds is 12. The van der Waals surface area contributed by atoms with E-state index in [4.69, 9.17) is 18.9 Å². The van der Waals surface area contributed by atoms with E-state index in [1.165, 1.54) is 21.3 Å². The van der Waals surface area contributed by atoms with Crippen LogP contribution in [-0.4, -0.2) is 66.8 Å².